The lowest BCUT2D eigenvalue weighted by molar-refractivity contribution is -0.137. The van der Waals surface area contributed by atoms with E-state index in [1.165, 1.54) is 6.07 Å². The molecule has 0 aliphatic carbocycles. The normalized spacial score (nSPS) is 10.4. The Morgan fingerprint density at radius 2 is 1.77 bits per heavy atom. The van der Waals surface area contributed by atoms with Crippen molar-refractivity contribution in [3.05, 3.63) is 59.7 Å². The molecule has 138 valence electrons. The maximum Gasteiger partial charge on any atom is 0.303 e. The predicted molar refractivity (Wildman–Crippen MR) is 92.1 cm³/mol. The minimum atomic E-state index is -0.856. The van der Waals surface area contributed by atoms with Crippen molar-refractivity contribution in [1.82, 2.24) is 0 Å². The number of carboxylic acids is 1. The third-order valence-electron chi connectivity index (χ3n) is 3.56. The number of benzene rings is 2. The lowest BCUT2D eigenvalue weighted by Gasteiger charge is -2.08. The van der Waals surface area contributed by atoms with Crippen molar-refractivity contribution in [2.24, 2.45) is 0 Å². The van der Waals surface area contributed by atoms with Crippen LogP contribution in [0.2, 0.25) is 0 Å². The molecule has 5 nitrogen and oxygen atoms in total. The van der Waals surface area contributed by atoms with Crippen molar-refractivity contribution in [3.8, 4) is 5.75 Å². The van der Waals surface area contributed by atoms with Crippen LogP contribution in [0.15, 0.2) is 42.5 Å². The van der Waals surface area contributed by atoms with E-state index >= 15 is 0 Å². The Hall–Kier alpha value is -2.96. The summed E-state index contributed by atoms with van der Waals surface area (Å²) in [6.45, 7) is 0.129. The van der Waals surface area contributed by atoms with Crippen LogP contribution in [0, 0.1) is 11.6 Å². The number of nitrogens with one attached hydrogen (secondary N) is 1. The molecular weight excluding hydrogens is 344 g/mol. The highest BCUT2D eigenvalue weighted by Crippen LogP contribution is 2.18. The van der Waals surface area contributed by atoms with Crippen molar-refractivity contribution in [1.29, 1.82) is 0 Å². The summed E-state index contributed by atoms with van der Waals surface area (Å²) in [6.07, 6.45) is 1.05. The van der Waals surface area contributed by atoms with Gasteiger partial charge < -0.3 is 15.2 Å². The number of aryl methyl sites for hydroxylation is 1. The summed E-state index contributed by atoms with van der Waals surface area (Å²) < 4.78 is 31.3. The molecule has 2 rings (SSSR count). The molecule has 1 amide bonds. The van der Waals surface area contributed by atoms with E-state index in [-0.39, 0.29) is 31.1 Å². The summed E-state index contributed by atoms with van der Waals surface area (Å²) in [5.41, 5.74) is 1.49. The Kier molecular flexibility index (Phi) is 7.08. The number of amides is 1. The highest BCUT2D eigenvalue weighted by Gasteiger charge is 2.07. The fourth-order valence-corrected chi connectivity index (χ4v) is 2.24. The van der Waals surface area contributed by atoms with Gasteiger partial charge in [0.25, 0.3) is 0 Å². The number of carbonyl (C=O) groups is 2. The van der Waals surface area contributed by atoms with Gasteiger partial charge in [-0.15, -0.1) is 0 Å². The van der Waals surface area contributed by atoms with Gasteiger partial charge in [0.1, 0.15) is 5.82 Å². The molecule has 2 aromatic carbocycles. The van der Waals surface area contributed by atoms with Crippen LogP contribution < -0.4 is 10.1 Å². The van der Waals surface area contributed by atoms with Gasteiger partial charge >= 0.3 is 5.97 Å². The number of ether oxygens (including phenoxy) is 1. The molecule has 2 aromatic rings. The van der Waals surface area contributed by atoms with Crippen molar-refractivity contribution < 1.29 is 28.2 Å². The molecule has 0 saturated heterocycles. The molecule has 7 heteroatoms. The molecular formula is C19H19F2NO4. The first kappa shape index (κ1) is 19.4. The lowest BCUT2D eigenvalue weighted by Crippen LogP contribution is -2.13. The van der Waals surface area contributed by atoms with Crippen molar-refractivity contribution in [3.63, 3.8) is 0 Å². The highest BCUT2D eigenvalue weighted by atomic mass is 19.1. The van der Waals surface area contributed by atoms with E-state index in [0.29, 0.717) is 18.5 Å². The molecule has 2 N–H and O–H groups in total. The van der Waals surface area contributed by atoms with Crippen LogP contribution in [-0.2, 0) is 16.0 Å². The number of hydrogen-bond acceptors (Lipinski definition) is 3. The number of halogens is 2. The van der Waals surface area contributed by atoms with E-state index < -0.39 is 17.6 Å². The highest BCUT2D eigenvalue weighted by molar-refractivity contribution is 5.90. The molecule has 0 bridgehead atoms. The zero-order chi connectivity index (χ0) is 18.9. The summed E-state index contributed by atoms with van der Waals surface area (Å²) in [4.78, 5) is 22.4. The quantitative estimate of drug-likeness (QED) is 0.665. The largest absolute Gasteiger partial charge is 0.491 e. The van der Waals surface area contributed by atoms with Gasteiger partial charge in [-0.1, -0.05) is 12.1 Å². The summed E-state index contributed by atoms with van der Waals surface area (Å²) in [5.74, 6) is -2.58. The van der Waals surface area contributed by atoms with Gasteiger partial charge in [-0.25, -0.2) is 8.78 Å². The summed E-state index contributed by atoms with van der Waals surface area (Å²) in [7, 11) is 0. The Labute approximate surface area is 149 Å². The molecule has 0 aliphatic heterocycles. The Balaban J connectivity index is 1.70. The second-order valence-electron chi connectivity index (χ2n) is 5.67. The molecule has 0 aliphatic rings. The minimum Gasteiger partial charge on any atom is -0.491 e. The average Bonchev–Trinajstić information content (AvgIpc) is 2.59. The lowest BCUT2D eigenvalue weighted by atomic mass is 10.1. The third-order valence-corrected chi connectivity index (χ3v) is 3.56. The first-order valence-corrected chi connectivity index (χ1v) is 8.12. The average molecular weight is 363 g/mol. The van der Waals surface area contributed by atoms with E-state index in [1.807, 2.05) is 0 Å². The van der Waals surface area contributed by atoms with Crippen LogP contribution >= 0.6 is 0 Å². The van der Waals surface area contributed by atoms with Crippen LogP contribution in [-0.4, -0.2) is 23.6 Å². The number of carboxylic acid groups (broad SMARTS) is 1. The zero-order valence-corrected chi connectivity index (χ0v) is 14.0. The van der Waals surface area contributed by atoms with Crippen molar-refractivity contribution in [2.45, 2.75) is 25.7 Å². The van der Waals surface area contributed by atoms with Crippen molar-refractivity contribution in [2.75, 3.05) is 11.9 Å². The Morgan fingerprint density at radius 3 is 2.42 bits per heavy atom. The second-order valence-corrected chi connectivity index (χ2v) is 5.67. The van der Waals surface area contributed by atoms with Gasteiger partial charge in [-0.3, -0.25) is 9.59 Å². The molecule has 0 unspecified atom stereocenters. The smallest absolute Gasteiger partial charge is 0.303 e. The van der Waals surface area contributed by atoms with Gasteiger partial charge in [0.2, 0.25) is 5.91 Å². The van der Waals surface area contributed by atoms with Gasteiger partial charge in [0.15, 0.2) is 11.6 Å². The van der Waals surface area contributed by atoms with Crippen molar-refractivity contribution >= 4 is 17.6 Å². The fourth-order valence-electron chi connectivity index (χ4n) is 2.24. The van der Waals surface area contributed by atoms with Gasteiger partial charge in [0, 0.05) is 24.6 Å². The van der Waals surface area contributed by atoms with E-state index in [1.54, 1.807) is 24.3 Å². The zero-order valence-electron chi connectivity index (χ0n) is 14.0. The summed E-state index contributed by atoms with van der Waals surface area (Å²) in [5, 5.41) is 11.4. The van der Waals surface area contributed by atoms with Gasteiger partial charge in [-0.05, 0) is 42.7 Å². The van der Waals surface area contributed by atoms with Crippen LogP contribution in [0.4, 0.5) is 14.5 Å². The fraction of sp³-hybridized carbons (Fsp3) is 0.263. The first-order valence-electron chi connectivity index (χ1n) is 8.12. The number of hydrogen-bond donors (Lipinski definition) is 2. The third kappa shape index (κ3) is 6.51. The summed E-state index contributed by atoms with van der Waals surface area (Å²) >= 11 is 0. The summed E-state index contributed by atoms with van der Waals surface area (Å²) in [6, 6.07) is 9.99. The number of carbonyl (C=O) groups excluding carboxylic acids is 1. The number of aliphatic carboxylic acids is 1. The van der Waals surface area contributed by atoms with Gasteiger partial charge in [-0.2, -0.15) is 0 Å². The number of anilines is 1. The minimum absolute atomic E-state index is 0.0521. The predicted octanol–water partition coefficient (Wildman–Crippen LogP) is 3.78. The second kappa shape index (κ2) is 9.50. The van der Waals surface area contributed by atoms with E-state index in [9.17, 15) is 18.4 Å². The van der Waals surface area contributed by atoms with Crippen LogP contribution in [0.1, 0.15) is 24.8 Å². The Bertz CT molecular complexity index is 763. The van der Waals surface area contributed by atoms with E-state index in [0.717, 1.165) is 17.7 Å². The molecule has 0 saturated carbocycles. The first-order chi connectivity index (χ1) is 12.4. The maximum absolute atomic E-state index is 13.4. The Morgan fingerprint density at radius 1 is 1.04 bits per heavy atom. The standard InChI is InChI=1S/C19H19F2NO4/c20-14-6-9-17(16(21)12-14)26-11-1-2-18(23)22-15-7-3-13(4-8-15)5-10-19(24)25/h3-4,6-9,12H,1-2,5,10-11H2,(H,22,23)(H,24,25). The van der Waals surface area contributed by atoms with Crippen LogP contribution in [0.25, 0.3) is 0 Å². The maximum atomic E-state index is 13.4. The van der Waals surface area contributed by atoms with Crippen LogP contribution in [0.3, 0.4) is 0 Å². The van der Waals surface area contributed by atoms with E-state index in [2.05, 4.69) is 5.32 Å². The van der Waals surface area contributed by atoms with Gasteiger partial charge in [0.05, 0.1) is 6.61 Å². The van der Waals surface area contributed by atoms with Crippen LogP contribution in [0.5, 0.6) is 5.75 Å². The molecule has 0 fully saturated rings. The molecule has 0 radical (unpaired) electrons. The molecule has 0 spiro atoms. The number of rotatable bonds is 9. The topological polar surface area (TPSA) is 75.6 Å². The van der Waals surface area contributed by atoms with E-state index in [4.69, 9.17) is 9.84 Å². The molecule has 26 heavy (non-hydrogen) atoms. The monoisotopic (exact) mass is 363 g/mol. The SMILES string of the molecule is O=C(O)CCc1ccc(NC(=O)CCCOc2ccc(F)cc2F)cc1. The molecule has 0 heterocycles. The molecule has 0 atom stereocenters. The molecule has 0 aromatic heterocycles.